The predicted octanol–water partition coefficient (Wildman–Crippen LogP) is 3.47. The van der Waals surface area contributed by atoms with Gasteiger partial charge in [0.2, 0.25) is 5.75 Å². The Balaban J connectivity index is 0.000000243. The number of nitro groups is 1. The number of nitro benzene ring substituents is 1. The zero-order valence-electron chi connectivity index (χ0n) is 12.3. The Morgan fingerprint density at radius 1 is 1.25 bits per heavy atom. The lowest BCUT2D eigenvalue weighted by atomic mass is 10.3. The molecule has 24 heavy (non-hydrogen) atoms. The lowest BCUT2D eigenvalue weighted by molar-refractivity contribution is -0.385. The van der Waals surface area contributed by atoms with Crippen molar-refractivity contribution in [1.82, 2.24) is 4.98 Å². The molecule has 0 saturated heterocycles. The van der Waals surface area contributed by atoms with Crippen molar-refractivity contribution in [2.75, 3.05) is 12.4 Å². The van der Waals surface area contributed by atoms with Crippen LogP contribution in [-0.4, -0.2) is 38.6 Å². The van der Waals surface area contributed by atoms with Gasteiger partial charge in [0, 0.05) is 18.0 Å². The predicted molar refractivity (Wildman–Crippen MR) is 91.4 cm³/mol. The fourth-order valence-corrected chi connectivity index (χ4v) is 2.97. The van der Waals surface area contributed by atoms with Gasteiger partial charge in [-0.25, -0.2) is 9.78 Å². The first-order valence-corrected chi connectivity index (χ1v) is 8.82. The minimum absolute atomic E-state index is 0.227. The third-order valence-electron chi connectivity index (χ3n) is 2.22. The molecule has 0 radical (unpaired) electrons. The molecular formula is C14H14N2O6S2. The van der Waals surface area contributed by atoms with Gasteiger partial charge in [0.15, 0.2) is 0 Å². The molecule has 0 bridgehead atoms. The summed E-state index contributed by atoms with van der Waals surface area (Å²) in [6.45, 7) is 0.227. The number of hydrogen-bond donors (Lipinski definition) is 2. The van der Waals surface area contributed by atoms with Crippen molar-refractivity contribution in [2.24, 2.45) is 0 Å². The summed E-state index contributed by atoms with van der Waals surface area (Å²) in [6, 6.07) is 11.0. The third-order valence-corrected chi connectivity index (χ3v) is 4.46. The van der Waals surface area contributed by atoms with E-state index in [1.807, 2.05) is 18.2 Å². The number of aliphatic hydroxyl groups is 1. The van der Waals surface area contributed by atoms with Crippen LogP contribution < -0.4 is 4.74 Å². The zero-order chi connectivity index (χ0) is 17.8. The first-order chi connectivity index (χ1) is 11.5. The van der Waals surface area contributed by atoms with Crippen LogP contribution in [0.4, 0.5) is 10.5 Å². The smallest absolute Gasteiger partial charge is 0.449 e. The number of aliphatic hydroxyl groups excluding tert-OH is 1. The van der Waals surface area contributed by atoms with Gasteiger partial charge in [0.25, 0.3) is 0 Å². The Morgan fingerprint density at radius 3 is 2.54 bits per heavy atom. The summed E-state index contributed by atoms with van der Waals surface area (Å²) in [5, 5.41) is 28.0. The van der Waals surface area contributed by atoms with Crippen LogP contribution in [-0.2, 0) is 0 Å². The Kier molecular flexibility index (Phi) is 9.27. The number of rotatable bonds is 6. The van der Waals surface area contributed by atoms with Crippen molar-refractivity contribution >= 4 is 33.4 Å². The van der Waals surface area contributed by atoms with Crippen molar-refractivity contribution in [3.05, 3.63) is 58.8 Å². The van der Waals surface area contributed by atoms with E-state index in [2.05, 4.69) is 9.72 Å². The highest BCUT2D eigenvalue weighted by atomic mass is 33.1. The minimum atomic E-state index is -1.57. The SMILES string of the molecule is O=C(O)Oc1ccccc1[N+](=O)[O-].OCCSSc1ccccn1. The molecule has 0 aliphatic rings. The number of benzene rings is 1. The third kappa shape index (κ3) is 7.81. The van der Waals surface area contributed by atoms with Gasteiger partial charge in [0.05, 0.1) is 11.5 Å². The normalized spacial score (nSPS) is 9.54. The molecule has 1 aromatic carbocycles. The van der Waals surface area contributed by atoms with E-state index >= 15 is 0 Å². The molecular weight excluding hydrogens is 356 g/mol. The van der Waals surface area contributed by atoms with E-state index in [1.54, 1.807) is 27.8 Å². The molecule has 0 aliphatic carbocycles. The number of ether oxygens (including phenoxy) is 1. The van der Waals surface area contributed by atoms with Crippen molar-refractivity contribution in [3.63, 3.8) is 0 Å². The number of carbonyl (C=O) groups is 1. The molecule has 1 aromatic heterocycles. The van der Waals surface area contributed by atoms with E-state index in [4.69, 9.17) is 10.2 Å². The number of pyridine rings is 1. The van der Waals surface area contributed by atoms with Crippen LogP contribution in [0.1, 0.15) is 0 Å². The van der Waals surface area contributed by atoms with Crippen molar-refractivity contribution in [1.29, 1.82) is 0 Å². The number of nitrogens with zero attached hydrogens (tertiary/aromatic N) is 2. The van der Waals surface area contributed by atoms with E-state index in [0.717, 1.165) is 16.8 Å². The first-order valence-electron chi connectivity index (χ1n) is 6.50. The van der Waals surface area contributed by atoms with Crippen molar-refractivity contribution < 1.29 is 24.7 Å². The Morgan fingerprint density at radius 2 is 1.96 bits per heavy atom. The van der Waals surface area contributed by atoms with Crippen LogP contribution in [0.15, 0.2) is 53.7 Å². The summed E-state index contributed by atoms with van der Waals surface area (Å²) >= 11 is 0. The van der Waals surface area contributed by atoms with Gasteiger partial charge in [-0.15, -0.1) is 0 Å². The molecule has 0 saturated carbocycles. The molecule has 2 aromatic rings. The largest absolute Gasteiger partial charge is 0.511 e. The average Bonchev–Trinajstić information content (AvgIpc) is 2.56. The number of carboxylic acid groups (broad SMARTS) is 1. The van der Waals surface area contributed by atoms with Gasteiger partial charge < -0.3 is 14.9 Å². The highest BCUT2D eigenvalue weighted by Gasteiger charge is 2.15. The number of aromatic nitrogens is 1. The molecule has 0 unspecified atom stereocenters. The van der Waals surface area contributed by atoms with E-state index in [-0.39, 0.29) is 18.0 Å². The van der Waals surface area contributed by atoms with Crippen LogP contribution in [0.2, 0.25) is 0 Å². The molecule has 0 spiro atoms. The summed E-state index contributed by atoms with van der Waals surface area (Å²) in [7, 11) is 3.20. The lowest BCUT2D eigenvalue weighted by Gasteiger charge is -1.99. The van der Waals surface area contributed by atoms with Gasteiger partial charge in [-0.2, -0.15) is 0 Å². The Labute approximate surface area is 145 Å². The summed E-state index contributed by atoms with van der Waals surface area (Å²) in [4.78, 5) is 23.8. The topological polar surface area (TPSA) is 123 Å². The molecule has 0 amide bonds. The molecule has 2 N–H and O–H groups in total. The molecule has 0 fully saturated rings. The minimum Gasteiger partial charge on any atom is -0.449 e. The summed E-state index contributed by atoms with van der Waals surface area (Å²) in [5.74, 6) is 0.473. The van der Waals surface area contributed by atoms with Crippen LogP contribution in [0.25, 0.3) is 0 Å². The van der Waals surface area contributed by atoms with Crippen LogP contribution in [0.5, 0.6) is 5.75 Å². The molecule has 1 heterocycles. The van der Waals surface area contributed by atoms with Crippen LogP contribution in [0.3, 0.4) is 0 Å². The molecule has 0 aliphatic heterocycles. The highest BCUT2D eigenvalue weighted by Crippen LogP contribution is 2.28. The average molecular weight is 370 g/mol. The van der Waals surface area contributed by atoms with E-state index in [9.17, 15) is 14.9 Å². The number of para-hydroxylation sites is 2. The van der Waals surface area contributed by atoms with Gasteiger partial charge in [-0.05, 0) is 29.0 Å². The van der Waals surface area contributed by atoms with Gasteiger partial charge >= 0.3 is 11.8 Å². The zero-order valence-corrected chi connectivity index (χ0v) is 13.9. The monoisotopic (exact) mass is 370 g/mol. The van der Waals surface area contributed by atoms with Gasteiger partial charge in [0.1, 0.15) is 5.03 Å². The second-order valence-electron chi connectivity index (χ2n) is 3.89. The standard InChI is InChI=1S/C7H5NO5.C7H9NOS2/c9-7(10)13-6-4-2-1-3-5(6)8(11)12;9-5-6-10-11-7-3-1-2-4-8-7/h1-4H,(H,9,10);1-4,9H,5-6H2. The van der Waals surface area contributed by atoms with Crippen molar-refractivity contribution in [2.45, 2.75) is 5.03 Å². The molecule has 10 heteroatoms. The Bertz CT molecular complexity index is 657. The Hall–Kier alpha value is -2.30. The maximum atomic E-state index is 10.3. The molecule has 128 valence electrons. The first kappa shape index (κ1) is 19.7. The fraction of sp³-hybridized carbons (Fsp3) is 0.143. The quantitative estimate of drug-likeness (QED) is 0.196. The molecule has 8 nitrogen and oxygen atoms in total. The van der Waals surface area contributed by atoms with Gasteiger partial charge in [-0.1, -0.05) is 29.0 Å². The van der Waals surface area contributed by atoms with E-state index in [0.29, 0.717) is 0 Å². The van der Waals surface area contributed by atoms with E-state index < -0.39 is 11.1 Å². The molecule has 0 atom stereocenters. The highest BCUT2D eigenvalue weighted by molar-refractivity contribution is 8.76. The van der Waals surface area contributed by atoms with Crippen molar-refractivity contribution in [3.8, 4) is 5.75 Å². The van der Waals surface area contributed by atoms with E-state index in [1.165, 1.54) is 18.2 Å². The van der Waals surface area contributed by atoms with Crippen LogP contribution in [0, 0.1) is 10.1 Å². The number of hydrogen-bond acceptors (Lipinski definition) is 8. The summed E-state index contributed by atoms with van der Waals surface area (Å²) < 4.78 is 4.18. The second-order valence-corrected chi connectivity index (χ2v) is 6.33. The summed E-state index contributed by atoms with van der Waals surface area (Å²) in [6.07, 6.45) is 0.191. The second kappa shape index (κ2) is 11.3. The summed E-state index contributed by atoms with van der Waals surface area (Å²) in [5.41, 5.74) is -0.370. The lowest BCUT2D eigenvalue weighted by Crippen LogP contribution is -2.04. The fourth-order valence-electron chi connectivity index (χ4n) is 1.32. The maximum absolute atomic E-state index is 10.3. The molecule has 2 rings (SSSR count). The maximum Gasteiger partial charge on any atom is 0.511 e. The van der Waals surface area contributed by atoms with Crippen LogP contribution >= 0.6 is 21.6 Å². The van der Waals surface area contributed by atoms with Gasteiger partial charge in [-0.3, -0.25) is 10.1 Å².